The summed E-state index contributed by atoms with van der Waals surface area (Å²) in [5, 5.41) is 29.2. The molecule has 35 heavy (non-hydrogen) atoms. The number of hydrogen-bond acceptors (Lipinski definition) is 5. The van der Waals surface area contributed by atoms with E-state index in [1.165, 1.54) is 12.8 Å². The lowest BCUT2D eigenvalue weighted by Gasteiger charge is -2.13. The largest absolute Gasteiger partial charge is 0.392 e. The third-order valence-electron chi connectivity index (χ3n) is 5.65. The zero-order chi connectivity index (χ0) is 26.2. The molecule has 0 saturated heterocycles. The van der Waals surface area contributed by atoms with Crippen LogP contribution in [0.15, 0.2) is 72.9 Å². The zero-order valence-electron chi connectivity index (χ0n) is 22.1. The van der Waals surface area contributed by atoms with Gasteiger partial charge >= 0.3 is 0 Å². The van der Waals surface area contributed by atoms with Crippen LogP contribution in [-0.4, -0.2) is 45.7 Å². The van der Waals surface area contributed by atoms with Crippen molar-refractivity contribution in [3.05, 3.63) is 72.9 Å². The lowest BCUT2D eigenvalue weighted by atomic mass is 10.0. The van der Waals surface area contributed by atoms with E-state index in [4.69, 9.17) is 11.5 Å². The van der Waals surface area contributed by atoms with Gasteiger partial charge < -0.3 is 26.8 Å². The maximum Gasteiger partial charge on any atom is 0.0758 e. The van der Waals surface area contributed by atoms with E-state index in [1.54, 1.807) is 13.0 Å². The molecule has 5 atom stereocenters. The quantitative estimate of drug-likeness (QED) is 0.0844. The molecule has 5 heteroatoms. The van der Waals surface area contributed by atoms with Crippen LogP contribution >= 0.6 is 0 Å². The molecule has 0 amide bonds. The molecular formula is C30H52N2O3. The van der Waals surface area contributed by atoms with Crippen molar-refractivity contribution >= 4 is 0 Å². The third kappa shape index (κ3) is 23.7. The topological polar surface area (TPSA) is 113 Å². The van der Waals surface area contributed by atoms with Crippen molar-refractivity contribution in [3.8, 4) is 0 Å². The van der Waals surface area contributed by atoms with Crippen LogP contribution < -0.4 is 11.5 Å². The summed E-state index contributed by atoms with van der Waals surface area (Å²) < 4.78 is 0. The molecule has 0 saturated carbocycles. The van der Waals surface area contributed by atoms with Gasteiger partial charge in [-0.25, -0.2) is 0 Å². The maximum absolute atomic E-state index is 9.89. The van der Waals surface area contributed by atoms with E-state index in [1.807, 2.05) is 31.2 Å². The minimum Gasteiger partial charge on any atom is -0.392 e. The molecule has 0 aromatic carbocycles. The van der Waals surface area contributed by atoms with E-state index in [0.29, 0.717) is 12.8 Å². The average molecular weight is 489 g/mol. The maximum atomic E-state index is 9.89. The number of allylic oxidation sites excluding steroid dienone is 9. The van der Waals surface area contributed by atoms with E-state index in [0.717, 1.165) is 44.9 Å². The SMILES string of the molecule is C[C@H](N)C(O)C/C=C/CC(O)/C=C/C=C/C/C=C/C/C=C/C/C=C/CCCCCCC(O)[C@H](C)N. The molecular weight excluding hydrogens is 436 g/mol. The molecule has 0 aromatic heterocycles. The molecule has 200 valence electrons. The van der Waals surface area contributed by atoms with Gasteiger partial charge in [0.15, 0.2) is 0 Å². The summed E-state index contributed by atoms with van der Waals surface area (Å²) in [7, 11) is 0. The summed E-state index contributed by atoms with van der Waals surface area (Å²) >= 11 is 0. The molecule has 0 aliphatic heterocycles. The van der Waals surface area contributed by atoms with Gasteiger partial charge in [-0.15, -0.1) is 0 Å². The van der Waals surface area contributed by atoms with Gasteiger partial charge in [0.2, 0.25) is 0 Å². The van der Waals surface area contributed by atoms with Crippen molar-refractivity contribution in [2.75, 3.05) is 0 Å². The van der Waals surface area contributed by atoms with Gasteiger partial charge in [0.05, 0.1) is 18.3 Å². The van der Waals surface area contributed by atoms with Crippen LogP contribution in [-0.2, 0) is 0 Å². The number of rotatable bonds is 21. The van der Waals surface area contributed by atoms with Crippen molar-refractivity contribution in [2.45, 2.75) is 115 Å². The van der Waals surface area contributed by atoms with Crippen molar-refractivity contribution in [3.63, 3.8) is 0 Å². The Bertz CT molecular complexity index is 648. The summed E-state index contributed by atoms with van der Waals surface area (Å²) in [6.07, 6.45) is 33.5. The Labute approximate surface area is 214 Å². The first-order valence-electron chi connectivity index (χ1n) is 13.3. The smallest absolute Gasteiger partial charge is 0.0758 e. The minimum absolute atomic E-state index is 0.125. The molecule has 0 aliphatic carbocycles. The summed E-state index contributed by atoms with van der Waals surface area (Å²) in [4.78, 5) is 0. The number of aliphatic hydroxyl groups is 3. The Morgan fingerprint density at radius 2 is 1.11 bits per heavy atom. The zero-order valence-corrected chi connectivity index (χ0v) is 22.1. The summed E-state index contributed by atoms with van der Waals surface area (Å²) in [6, 6.07) is -0.369. The summed E-state index contributed by atoms with van der Waals surface area (Å²) in [6.45, 7) is 3.63. The highest BCUT2D eigenvalue weighted by molar-refractivity contribution is 5.08. The Hall–Kier alpha value is -1.76. The molecule has 7 N–H and O–H groups in total. The number of unbranched alkanes of at least 4 members (excludes halogenated alkanes) is 4. The fourth-order valence-electron chi connectivity index (χ4n) is 3.18. The van der Waals surface area contributed by atoms with Gasteiger partial charge in [0.1, 0.15) is 0 Å². The first-order valence-corrected chi connectivity index (χ1v) is 13.3. The Balaban J connectivity index is 3.66. The normalized spacial score (nSPS) is 17.6. The number of hydrogen-bond donors (Lipinski definition) is 5. The van der Waals surface area contributed by atoms with Gasteiger partial charge in [-0.1, -0.05) is 92.2 Å². The molecule has 0 spiro atoms. The standard InChI is InChI=1S/C30H52N2O3/c1-26(31)29(34)24-19-17-15-13-11-9-7-5-3-4-6-8-10-12-14-16-18-22-28(33)23-20-21-25-30(35)27(2)32/h3-4,7-10,14,16,18,20-22,26-30,33-35H,5-6,11-13,15,17,19,23-25,31-32H2,1-2H3/b4-3+,9-7+,10-8+,16-14+,21-20+,22-18+/t26-,27-,28?,29?,30?/m0/s1. The predicted molar refractivity (Wildman–Crippen MR) is 151 cm³/mol. The molecule has 0 fully saturated rings. The van der Waals surface area contributed by atoms with Crippen molar-refractivity contribution in [2.24, 2.45) is 11.5 Å². The molecule has 0 aliphatic rings. The fourth-order valence-corrected chi connectivity index (χ4v) is 3.18. The van der Waals surface area contributed by atoms with E-state index >= 15 is 0 Å². The molecule has 0 radical (unpaired) electrons. The second-order valence-corrected chi connectivity index (χ2v) is 9.29. The highest BCUT2D eigenvalue weighted by Crippen LogP contribution is 2.09. The van der Waals surface area contributed by atoms with Crippen LogP contribution in [0.2, 0.25) is 0 Å². The molecule has 0 heterocycles. The minimum atomic E-state index is -0.535. The highest BCUT2D eigenvalue weighted by atomic mass is 16.3. The number of nitrogens with two attached hydrogens (primary N) is 2. The van der Waals surface area contributed by atoms with Crippen LogP contribution in [0.5, 0.6) is 0 Å². The monoisotopic (exact) mass is 488 g/mol. The summed E-state index contributed by atoms with van der Waals surface area (Å²) in [5.41, 5.74) is 11.3. The van der Waals surface area contributed by atoms with Gasteiger partial charge in [-0.2, -0.15) is 0 Å². The Morgan fingerprint density at radius 3 is 1.74 bits per heavy atom. The molecule has 5 nitrogen and oxygen atoms in total. The highest BCUT2D eigenvalue weighted by Gasteiger charge is 2.08. The molecule has 0 aromatic rings. The van der Waals surface area contributed by atoms with Gasteiger partial charge in [0.25, 0.3) is 0 Å². The molecule has 0 bridgehead atoms. The van der Waals surface area contributed by atoms with Crippen LogP contribution in [0.1, 0.15) is 84.5 Å². The Kier molecular flexibility index (Phi) is 22.8. The first-order chi connectivity index (χ1) is 16.8. The predicted octanol–water partition coefficient (Wildman–Crippen LogP) is 5.39. The summed E-state index contributed by atoms with van der Waals surface area (Å²) in [5.74, 6) is 0. The van der Waals surface area contributed by atoms with Crippen LogP contribution in [0.4, 0.5) is 0 Å². The average Bonchev–Trinajstić information content (AvgIpc) is 2.82. The van der Waals surface area contributed by atoms with Crippen LogP contribution in [0.25, 0.3) is 0 Å². The van der Waals surface area contributed by atoms with Crippen LogP contribution in [0.3, 0.4) is 0 Å². The molecule has 3 unspecified atom stereocenters. The molecule has 0 rings (SSSR count). The Morgan fingerprint density at radius 1 is 0.571 bits per heavy atom. The van der Waals surface area contributed by atoms with Crippen molar-refractivity contribution < 1.29 is 15.3 Å². The fraction of sp³-hybridized carbons (Fsp3) is 0.600. The first kappa shape index (κ1) is 33.2. The van der Waals surface area contributed by atoms with Gasteiger partial charge in [-0.3, -0.25) is 0 Å². The van der Waals surface area contributed by atoms with E-state index in [-0.39, 0.29) is 18.2 Å². The van der Waals surface area contributed by atoms with E-state index in [9.17, 15) is 15.3 Å². The second kappa shape index (κ2) is 24.0. The van der Waals surface area contributed by atoms with Gasteiger partial charge in [-0.05, 0) is 65.2 Å². The van der Waals surface area contributed by atoms with Gasteiger partial charge in [0, 0.05) is 12.1 Å². The van der Waals surface area contributed by atoms with Crippen LogP contribution in [0, 0.1) is 0 Å². The lowest BCUT2D eigenvalue weighted by molar-refractivity contribution is 0.138. The van der Waals surface area contributed by atoms with E-state index < -0.39 is 12.2 Å². The third-order valence-corrected chi connectivity index (χ3v) is 5.65. The number of aliphatic hydroxyl groups excluding tert-OH is 3. The van der Waals surface area contributed by atoms with Crippen molar-refractivity contribution in [1.82, 2.24) is 0 Å². The second-order valence-electron chi connectivity index (χ2n) is 9.29. The lowest BCUT2D eigenvalue weighted by Crippen LogP contribution is -2.31. The van der Waals surface area contributed by atoms with Crippen molar-refractivity contribution in [1.29, 1.82) is 0 Å². The van der Waals surface area contributed by atoms with E-state index in [2.05, 4.69) is 42.5 Å².